The third-order valence-electron chi connectivity index (χ3n) is 3.60. The van der Waals surface area contributed by atoms with E-state index in [1.807, 2.05) is 30.3 Å². The third-order valence-corrected chi connectivity index (χ3v) is 3.60. The van der Waals surface area contributed by atoms with Gasteiger partial charge in [0.25, 0.3) is 0 Å². The van der Waals surface area contributed by atoms with Gasteiger partial charge in [-0.2, -0.15) is 0 Å². The van der Waals surface area contributed by atoms with Gasteiger partial charge in [-0.25, -0.2) is 0 Å². The maximum atomic E-state index is 11.3. The Bertz CT molecular complexity index is 628. The lowest BCUT2D eigenvalue weighted by Gasteiger charge is -2.38. The molecule has 1 amide bonds. The van der Waals surface area contributed by atoms with Crippen LogP contribution in [0.5, 0.6) is 5.75 Å². The summed E-state index contributed by atoms with van der Waals surface area (Å²) in [7, 11) is 0. The van der Waals surface area contributed by atoms with Crippen LogP contribution >= 0.6 is 0 Å². The molecule has 0 saturated carbocycles. The molecule has 1 aliphatic rings. The van der Waals surface area contributed by atoms with Crippen LogP contribution in [0.4, 0.5) is 0 Å². The molecule has 3 nitrogen and oxygen atoms in total. The van der Waals surface area contributed by atoms with Crippen molar-refractivity contribution < 1.29 is 9.53 Å². The van der Waals surface area contributed by atoms with Gasteiger partial charge in [0.2, 0.25) is 5.91 Å². The van der Waals surface area contributed by atoms with Gasteiger partial charge >= 0.3 is 0 Å². The van der Waals surface area contributed by atoms with E-state index in [1.54, 1.807) is 4.90 Å². The first-order valence-electron chi connectivity index (χ1n) is 7.00. The lowest BCUT2D eigenvalue weighted by Crippen LogP contribution is -2.55. The number of benzene rings is 2. The van der Waals surface area contributed by atoms with Crippen LogP contribution in [0.15, 0.2) is 67.3 Å². The van der Waals surface area contributed by atoms with Crippen LogP contribution in [0.1, 0.15) is 0 Å². The van der Waals surface area contributed by atoms with Gasteiger partial charge in [0.15, 0.2) is 0 Å². The van der Waals surface area contributed by atoms with Gasteiger partial charge in [-0.05, 0) is 29.3 Å². The van der Waals surface area contributed by atoms with Gasteiger partial charge in [0.1, 0.15) is 11.9 Å². The first kappa shape index (κ1) is 13.4. The van der Waals surface area contributed by atoms with Crippen LogP contribution in [-0.2, 0) is 4.79 Å². The highest BCUT2D eigenvalue weighted by Gasteiger charge is 2.30. The molecule has 0 aromatic heterocycles. The fourth-order valence-electron chi connectivity index (χ4n) is 2.37. The summed E-state index contributed by atoms with van der Waals surface area (Å²) in [6.45, 7) is 4.74. The van der Waals surface area contributed by atoms with E-state index in [1.165, 1.54) is 17.2 Å². The Balaban J connectivity index is 1.59. The van der Waals surface area contributed by atoms with E-state index in [9.17, 15) is 4.79 Å². The second kappa shape index (κ2) is 5.83. The summed E-state index contributed by atoms with van der Waals surface area (Å²) in [5, 5.41) is 0. The predicted molar refractivity (Wildman–Crippen MR) is 83.1 cm³/mol. The number of likely N-dealkylation sites (tertiary alicyclic amines) is 1. The standard InChI is InChI=1S/C18H17NO2/c1-2-18(20)19-12-17(13-19)21-16-10-8-15(9-11-16)14-6-4-3-5-7-14/h2-11,17H,1,12-13H2. The maximum Gasteiger partial charge on any atom is 0.246 e. The number of nitrogens with zero attached hydrogens (tertiary/aromatic N) is 1. The summed E-state index contributed by atoms with van der Waals surface area (Å²) in [6.07, 6.45) is 1.42. The zero-order valence-corrected chi connectivity index (χ0v) is 11.7. The lowest BCUT2D eigenvalue weighted by molar-refractivity contribution is -0.134. The van der Waals surface area contributed by atoms with Crippen molar-refractivity contribution in [2.45, 2.75) is 6.10 Å². The average molecular weight is 279 g/mol. The molecule has 0 N–H and O–H groups in total. The maximum absolute atomic E-state index is 11.3. The molecular formula is C18H17NO2. The van der Waals surface area contributed by atoms with Crippen molar-refractivity contribution in [2.24, 2.45) is 0 Å². The third kappa shape index (κ3) is 2.97. The van der Waals surface area contributed by atoms with E-state index < -0.39 is 0 Å². The summed E-state index contributed by atoms with van der Waals surface area (Å²) in [4.78, 5) is 13.1. The number of rotatable bonds is 4. The van der Waals surface area contributed by atoms with E-state index in [-0.39, 0.29) is 12.0 Å². The number of hydrogen-bond donors (Lipinski definition) is 0. The highest BCUT2D eigenvalue weighted by Crippen LogP contribution is 2.24. The monoisotopic (exact) mass is 279 g/mol. The van der Waals surface area contributed by atoms with Crippen LogP contribution in [0.2, 0.25) is 0 Å². The molecule has 2 aromatic rings. The minimum absolute atomic E-state index is 0.0331. The quantitative estimate of drug-likeness (QED) is 0.805. The topological polar surface area (TPSA) is 29.5 Å². The van der Waals surface area contributed by atoms with E-state index in [0.717, 1.165) is 5.75 Å². The first-order valence-corrected chi connectivity index (χ1v) is 7.00. The highest BCUT2D eigenvalue weighted by molar-refractivity contribution is 5.87. The Labute approximate surface area is 124 Å². The molecule has 0 radical (unpaired) electrons. The Kier molecular flexibility index (Phi) is 3.73. The van der Waals surface area contributed by atoms with E-state index in [2.05, 4.69) is 30.8 Å². The Morgan fingerprint density at radius 3 is 2.29 bits per heavy atom. The number of carbonyl (C=O) groups excluding carboxylic acids is 1. The van der Waals surface area contributed by atoms with E-state index in [4.69, 9.17) is 4.74 Å². The molecule has 21 heavy (non-hydrogen) atoms. The van der Waals surface area contributed by atoms with Crippen LogP contribution in [0.3, 0.4) is 0 Å². The fourth-order valence-corrected chi connectivity index (χ4v) is 2.37. The summed E-state index contributed by atoms with van der Waals surface area (Å²) in [6, 6.07) is 18.3. The van der Waals surface area contributed by atoms with Crippen LogP contribution in [-0.4, -0.2) is 30.0 Å². The van der Waals surface area contributed by atoms with Gasteiger partial charge in [0.05, 0.1) is 13.1 Å². The van der Waals surface area contributed by atoms with Crippen molar-refractivity contribution in [3.63, 3.8) is 0 Å². The van der Waals surface area contributed by atoms with Gasteiger partial charge in [-0.3, -0.25) is 4.79 Å². The Morgan fingerprint density at radius 1 is 1.05 bits per heavy atom. The van der Waals surface area contributed by atoms with Crippen LogP contribution in [0.25, 0.3) is 11.1 Å². The SMILES string of the molecule is C=CC(=O)N1CC(Oc2ccc(-c3ccccc3)cc2)C1. The van der Waals surface area contributed by atoms with Gasteiger partial charge < -0.3 is 9.64 Å². The first-order chi connectivity index (χ1) is 10.3. The fraction of sp³-hybridized carbons (Fsp3) is 0.167. The molecule has 2 aromatic carbocycles. The average Bonchev–Trinajstić information content (AvgIpc) is 2.51. The minimum Gasteiger partial charge on any atom is -0.487 e. The van der Waals surface area contributed by atoms with Crippen molar-refractivity contribution in [1.82, 2.24) is 4.90 Å². The molecule has 3 heteroatoms. The minimum atomic E-state index is -0.0331. The molecule has 3 rings (SSSR count). The van der Waals surface area contributed by atoms with Crippen molar-refractivity contribution in [2.75, 3.05) is 13.1 Å². The smallest absolute Gasteiger partial charge is 0.246 e. The van der Waals surface area contributed by atoms with Gasteiger partial charge in [0, 0.05) is 0 Å². The molecule has 0 bridgehead atoms. The van der Waals surface area contributed by atoms with E-state index in [0.29, 0.717) is 13.1 Å². The predicted octanol–water partition coefficient (Wildman–Crippen LogP) is 3.13. The molecule has 0 atom stereocenters. The highest BCUT2D eigenvalue weighted by atomic mass is 16.5. The number of amides is 1. The molecule has 1 saturated heterocycles. The second-order valence-corrected chi connectivity index (χ2v) is 5.08. The van der Waals surface area contributed by atoms with Crippen molar-refractivity contribution in [1.29, 1.82) is 0 Å². The lowest BCUT2D eigenvalue weighted by atomic mass is 10.1. The molecular weight excluding hydrogens is 262 g/mol. The molecule has 1 heterocycles. The second-order valence-electron chi connectivity index (χ2n) is 5.08. The number of carbonyl (C=O) groups is 1. The van der Waals surface area contributed by atoms with Gasteiger partial charge in [-0.15, -0.1) is 0 Å². The van der Waals surface area contributed by atoms with Gasteiger partial charge in [-0.1, -0.05) is 49.0 Å². The Morgan fingerprint density at radius 2 is 1.67 bits per heavy atom. The molecule has 0 unspecified atom stereocenters. The van der Waals surface area contributed by atoms with E-state index >= 15 is 0 Å². The van der Waals surface area contributed by atoms with Crippen molar-refractivity contribution in [3.05, 3.63) is 67.3 Å². The number of hydrogen-bond acceptors (Lipinski definition) is 2. The zero-order chi connectivity index (χ0) is 14.7. The molecule has 1 fully saturated rings. The van der Waals surface area contributed by atoms with Crippen LogP contribution in [0, 0.1) is 0 Å². The molecule has 1 aliphatic heterocycles. The molecule has 0 spiro atoms. The summed E-state index contributed by atoms with van der Waals surface area (Å²) >= 11 is 0. The summed E-state index contributed by atoms with van der Waals surface area (Å²) < 4.78 is 5.84. The summed E-state index contributed by atoms with van der Waals surface area (Å²) in [5.74, 6) is 0.805. The van der Waals surface area contributed by atoms with Crippen molar-refractivity contribution in [3.8, 4) is 16.9 Å². The number of ether oxygens (including phenoxy) is 1. The molecule has 0 aliphatic carbocycles. The van der Waals surface area contributed by atoms with Crippen LogP contribution < -0.4 is 4.74 Å². The largest absolute Gasteiger partial charge is 0.487 e. The zero-order valence-electron chi connectivity index (χ0n) is 11.7. The molecule has 106 valence electrons. The normalized spacial score (nSPS) is 14.4. The van der Waals surface area contributed by atoms with Crippen molar-refractivity contribution >= 4 is 5.91 Å². The Hall–Kier alpha value is -2.55. The summed E-state index contributed by atoms with van der Waals surface area (Å²) in [5.41, 5.74) is 2.36.